The van der Waals surface area contributed by atoms with E-state index in [1.165, 1.54) is 5.56 Å². The van der Waals surface area contributed by atoms with Gasteiger partial charge in [-0.15, -0.1) is 0 Å². The van der Waals surface area contributed by atoms with E-state index in [-0.39, 0.29) is 0 Å². The lowest BCUT2D eigenvalue weighted by molar-refractivity contribution is 0.414. The average Bonchev–Trinajstić information content (AvgIpc) is 3.16. The lowest BCUT2D eigenvalue weighted by Crippen LogP contribution is -2.05. The summed E-state index contributed by atoms with van der Waals surface area (Å²) in [5.41, 5.74) is 5.35. The van der Waals surface area contributed by atoms with E-state index in [2.05, 4.69) is 39.2 Å². The molecule has 2 aromatic heterocycles. The first-order chi connectivity index (χ1) is 14.2. The molecule has 6 heteroatoms. The van der Waals surface area contributed by atoms with Crippen molar-refractivity contribution in [3.8, 4) is 5.75 Å². The number of benzene rings is 2. The molecule has 0 unspecified atom stereocenters. The zero-order valence-electron chi connectivity index (χ0n) is 16.9. The number of hydrogen-bond donors (Lipinski definition) is 2. The third-order valence-corrected chi connectivity index (χ3v) is 5.02. The Bertz CT molecular complexity index is 1140. The molecule has 4 rings (SSSR count). The van der Waals surface area contributed by atoms with Gasteiger partial charge in [0.25, 0.3) is 0 Å². The summed E-state index contributed by atoms with van der Waals surface area (Å²) in [6, 6.07) is 16.4. The first-order valence-electron chi connectivity index (χ1n) is 9.72. The molecule has 0 atom stereocenters. The Kier molecular flexibility index (Phi) is 5.33. The molecule has 0 bridgehead atoms. The van der Waals surface area contributed by atoms with E-state index in [9.17, 15) is 0 Å². The van der Waals surface area contributed by atoms with Crippen molar-refractivity contribution in [3.63, 3.8) is 0 Å². The van der Waals surface area contributed by atoms with E-state index in [4.69, 9.17) is 9.72 Å². The zero-order valence-corrected chi connectivity index (χ0v) is 16.9. The number of aryl methyl sites for hydroxylation is 1. The third-order valence-electron chi connectivity index (χ3n) is 5.02. The molecule has 2 aromatic carbocycles. The van der Waals surface area contributed by atoms with Crippen LogP contribution in [0.4, 0.5) is 17.3 Å². The summed E-state index contributed by atoms with van der Waals surface area (Å²) in [7, 11) is 3.61. The maximum absolute atomic E-state index is 5.39. The van der Waals surface area contributed by atoms with Gasteiger partial charge >= 0.3 is 0 Å². The molecule has 4 aromatic rings. The molecule has 0 spiro atoms. The number of nitrogens with one attached hydrogen (secondary N) is 2. The number of aromatic nitrogens is 3. The second-order valence-electron chi connectivity index (χ2n) is 6.87. The van der Waals surface area contributed by atoms with Gasteiger partial charge in [-0.1, -0.05) is 19.1 Å². The van der Waals surface area contributed by atoms with Crippen LogP contribution in [0.5, 0.6) is 5.75 Å². The Balaban J connectivity index is 1.65. The first-order valence-corrected chi connectivity index (χ1v) is 9.72. The number of hydrogen-bond acceptors (Lipinski definition) is 5. The van der Waals surface area contributed by atoms with Crippen molar-refractivity contribution in [1.29, 1.82) is 0 Å². The maximum Gasteiger partial charge on any atom is 0.229 e. The number of methoxy groups -OCH3 is 1. The summed E-state index contributed by atoms with van der Waals surface area (Å²) in [4.78, 5) is 9.24. The van der Waals surface area contributed by atoms with Crippen LogP contribution in [0.15, 0.2) is 60.9 Å². The molecule has 0 aliphatic carbocycles. The van der Waals surface area contributed by atoms with Crippen LogP contribution >= 0.6 is 0 Å². The lowest BCUT2D eigenvalue weighted by Gasteiger charge is -2.13. The highest BCUT2D eigenvalue weighted by molar-refractivity contribution is 5.77. The molecule has 0 radical (unpaired) electrons. The fraction of sp³-hybridized carbons (Fsp3) is 0.217. The van der Waals surface area contributed by atoms with Crippen molar-refractivity contribution in [3.05, 3.63) is 72.1 Å². The van der Waals surface area contributed by atoms with Crippen molar-refractivity contribution in [2.24, 2.45) is 0 Å². The van der Waals surface area contributed by atoms with E-state index in [0.29, 0.717) is 12.5 Å². The minimum Gasteiger partial charge on any atom is -0.497 e. The topological polar surface area (TPSA) is 64.0 Å². The third kappa shape index (κ3) is 4.01. The summed E-state index contributed by atoms with van der Waals surface area (Å²) in [5.74, 6) is 1.42. The number of rotatable bonds is 7. The summed E-state index contributed by atoms with van der Waals surface area (Å²) >= 11 is 0. The fourth-order valence-corrected chi connectivity index (χ4v) is 3.41. The van der Waals surface area contributed by atoms with E-state index < -0.39 is 0 Å². The van der Waals surface area contributed by atoms with Crippen LogP contribution < -0.4 is 15.4 Å². The standard InChI is InChI=1S/C23H25N5O/c1-4-16-6-5-7-19(12-16)26-23-25-14-17-10-11-28(22(17)27-23)15-18-13-20(29-3)8-9-21(18)24-2/h5-14,24H,4,15H2,1-3H3,(H,25,26,27). The van der Waals surface area contributed by atoms with Gasteiger partial charge in [0.2, 0.25) is 5.95 Å². The van der Waals surface area contributed by atoms with E-state index in [1.54, 1.807) is 7.11 Å². The summed E-state index contributed by atoms with van der Waals surface area (Å²) in [6.07, 6.45) is 4.89. The molecule has 0 saturated heterocycles. The fourth-order valence-electron chi connectivity index (χ4n) is 3.41. The van der Waals surface area contributed by atoms with Crippen molar-refractivity contribution >= 4 is 28.4 Å². The van der Waals surface area contributed by atoms with Gasteiger partial charge in [-0.2, -0.15) is 4.98 Å². The molecule has 6 nitrogen and oxygen atoms in total. The van der Waals surface area contributed by atoms with Crippen LogP contribution in [-0.4, -0.2) is 28.7 Å². The quantitative estimate of drug-likeness (QED) is 0.475. The molecule has 0 aliphatic heterocycles. The smallest absolute Gasteiger partial charge is 0.229 e. The predicted molar refractivity (Wildman–Crippen MR) is 118 cm³/mol. The van der Waals surface area contributed by atoms with E-state index >= 15 is 0 Å². The predicted octanol–water partition coefficient (Wildman–Crippen LogP) is 4.84. The Morgan fingerprint density at radius 2 is 2.00 bits per heavy atom. The molecule has 0 aliphatic rings. The molecule has 148 valence electrons. The molecular formula is C23H25N5O. The summed E-state index contributed by atoms with van der Waals surface area (Å²) < 4.78 is 7.52. The van der Waals surface area contributed by atoms with Gasteiger partial charge in [0.1, 0.15) is 11.4 Å². The monoisotopic (exact) mass is 387 g/mol. The van der Waals surface area contributed by atoms with Crippen molar-refractivity contribution in [2.45, 2.75) is 19.9 Å². The average molecular weight is 387 g/mol. The van der Waals surface area contributed by atoms with E-state index in [0.717, 1.165) is 40.1 Å². The van der Waals surface area contributed by atoms with Gasteiger partial charge in [0.05, 0.1) is 13.7 Å². The van der Waals surface area contributed by atoms with Crippen LogP contribution in [0, 0.1) is 0 Å². The Morgan fingerprint density at radius 1 is 1.10 bits per heavy atom. The van der Waals surface area contributed by atoms with Crippen molar-refractivity contribution < 1.29 is 4.74 Å². The second-order valence-corrected chi connectivity index (χ2v) is 6.87. The van der Waals surface area contributed by atoms with Gasteiger partial charge in [0.15, 0.2) is 0 Å². The van der Waals surface area contributed by atoms with Crippen LogP contribution in [-0.2, 0) is 13.0 Å². The van der Waals surface area contributed by atoms with Gasteiger partial charge in [-0.25, -0.2) is 4.98 Å². The molecule has 2 heterocycles. The zero-order chi connectivity index (χ0) is 20.2. The first kappa shape index (κ1) is 18.8. The summed E-state index contributed by atoms with van der Waals surface area (Å²) in [5, 5.41) is 7.58. The molecule has 29 heavy (non-hydrogen) atoms. The number of fused-ring (bicyclic) bond motifs is 1. The highest BCUT2D eigenvalue weighted by Gasteiger charge is 2.10. The maximum atomic E-state index is 5.39. The molecule has 2 N–H and O–H groups in total. The van der Waals surface area contributed by atoms with Crippen molar-refractivity contribution in [1.82, 2.24) is 14.5 Å². The second kappa shape index (κ2) is 8.22. The highest BCUT2D eigenvalue weighted by Crippen LogP contribution is 2.25. The van der Waals surface area contributed by atoms with Gasteiger partial charge in [0, 0.05) is 36.2 Å². The number of anilines is 3. The Hall–Kier alpha value is -3.54. The lowest BCUT2D eigenvalue weighted by atomic mass is 10.1. The van der Waals surface area contributed by atoms with Gasteiger partial charge < -0.3 is 19.9 Å². The Morgan fingerprint density at radius 3 is 2.79 bits per heavy atom. The van der Waals surface area contributed by atoms with Gasteiger partial charge in [-0.05, 0) is 53.9 Å². The van der Waals surface area contributed by atoms with E-state index in [1.807, 2.05) is 55.8 Å². The minimum absolute atomic E-state index is 0.588. The molecular weight excluding hydrogens is 362 g/mol. The van der Waals surface area contributed by atoms with Crippen LogP contribution in [0.3, 0.4) is 0 Å². The number of ether oxygens (including phenoxy) is 1. The normalized spacial score (nSPS) is 10.9. The Labute approximate surface area is 170 Å². The van der Waals surface area contributed by atoms with Crippen molar-refractivity contribution in [2.75, 3.05) is 24.8 Å². The van der Waals surface area contributed by atoms with Crippen LogP contribution in [0.25, 0.3) is 11.0 Å². The van der Waals surface area contributed by atoms with Gasteiger partial charge in [-0.3, -0.25) is 0 Å². The SMILES string of the molecule is CCc1cccc(Nc2ncc3ccn(Cc4cc(OC)ccc4NC)c3n2)c1. The largest absolute Gasteiger partial charge is 0.497 e. The summed E-state index contributed by atoms with van der Waals surface area (Å²) in [6.45, 7) is 2.82. The molecule has 0 amide bonds. The van der Waals surface area contributed by atoms with Crippen LogP contribution in [0.1, 0.15) is 18.1 Å². The number of nitrogens with zero attached hydrogens (tertiary/aromatic N) is 3. The molecule has 0 fully saturated rings. The molecule has 0 saturated carbocycles. The highest BCUT2D eigenvalue weighted by atomic mass is 16.5. The minimum atomic E-state index is 0.588. The van der Waals surface area contributed by atoms with Crippen LogP contribution in [0.2, 0.25) is 0 Å².